The molecule has 0 radical (unpaired) electrons. The summed E-state index contributed by atoms with van der Waals surface area (Å²) in [6.45, 7) is 3.28. The third kappa shape index (κ3) is 5.79. The molecule has 0 aliphatic carbocycles. The van der Waals surface area contributed by atoms with E-state index in [2.05, 4.69) is 58.8 Å². The van der Waals surface area contributed by atoms with Crippen LogP contribution in [0.15, 0.2) is 53.3 Å². The van der Waals surface area contributed by atoms with Crippen LogP contribution in [-0.4, -0.2) is 58.1 Å². The van der Waals surface area contributed by atoms with Gasteiger partial charge in [-0.1, -0.05) is 23.7 Å². The monoisotopic (exact) mass is 530 g/mol. The van der Waals surface area contributed by atoms with E-state index in [1.165, 1.54) is 5.56 Å². The Morgan fingerprint density at radius 1 is 1.12 bits per heavy atom. The van der Waals surface area contributed by atoms with Gasteiger partial charge < -0.3 is 15.5 Å². The SMILES string of the molecule is O=C(Nc1n[nH]c(C(=O)NCCN2CCC(c3ccncc3)CC2)c1Br)c1ccccc1Cl. The van der Waals surface area contributed by atoms with E-state index in [1.807, 2.05) is 12.4 Å². The second-order valence-corrected chi connectivity index (χ2v) is 9.05. The minimum absolute atomic E-state index is 0.225. The third-order valence-electron chi connectivity index (χ3n) is 5.76. The Morgan fingerprint density at radius 3 is 2.58 bits per heavy atom. The normalized spacial score (nSPS) is 14.7. The van der Waals surface area contributed by atoms with Crippen LogP contribution < -0.4 is 10.6 Å². The summed E-state index contributed by atoms with van der Waals surface area (Å²) in [5.74, 6) is 0.0941. The maximum Gasteiger partial charge on any atom is 0.270 e. The number of pyridine rings is 1. The van der Waals surface area contributed by atoms with Crippen molar-refractivity contribution in [3.63, 3.8) is 0 Å². The Hall–Kier alpha value is -2.75. The highest BCUT2D eigenvalue weighted by molar-refractivity contribution is 9.10. The molecular weight excluding hydrogens is 508 g/mol. The highest BCUT2D eigenvalue weighted by Gasteiger charge is 2.22. The summed E-state index contributed by atoms with van der Waals surface area (Å²) < 4.78 is 0.388. The van der Waals surface area contributed by atoms with Crippen molar-refractivity contribution in [2.75, 3.05) is 31.5 Å². The predicted octanol–water partition coefficient (Wildman–Crippen LogP) is 4.08. The lowest BCUT2D eigenvalue weighted by atomic mass is 9.90. The molecule has 1 aliphatic rings. The van der Waals surface area contributed by atoms with Gasteiger partial charge in [-0.2, -0.15) is 5.10 Å². The molecule has 10 heteroatoms. The van der Waals surface area contributed by atoms with E-state index < -0.39 is 5.91 Å². The maximum atomic E-state index is 12.6. The van der Waals surface area contributed by atoms with Crippen LogP contribution in [0.4, 0.5) is 5.82 Å². The van der Waals surface area contributed by atoms with Gasteiger partial charge in [0.25, 0.3) is 11.8 Å². The van der Waals surface area contributed by atoms with Gasteiger partial charge in [-0.05, 0) is 77.6 Å². The summed E-state index contributed by atoms with van der Waals surface area (Å²) in [5.41, 5.74) is 1.92. The van der Waals surface area contributed by atoms with Gasteiger partial charge in [-0.15, -0.1) is 0 Å². The molecule has 3 heterocycles. The van der Waals surface area contributed by atoms with Crippen LogP contribution >= 0.6 is 27.5 Å². The number of hydrogen-bond acceptors (Lipinski definition) is 5. The number of likely N-dealkylation sites (tertiary alicyclic amines) is 1. The fraction of sp³-hybridized carbons (Fsp3) is 0.304. The Morgan fingerprint density at radius 2 is 1.85 bits per heavy atom. The maximum absolute atomic E-state index is 12.6. The first kappa shape index (κ1) is 23.4. The Kier molecular flexibility index (Phi) is 7.74. The predicted molar refractivity (Wildman–Crippen MR) is 131 cm³/mol. The number of amides is 2. The lowest BCUT2D eigenvalue weighted by Gasteiger charge is -2.32. The average molecular weight is 532 g/mol. The molecule has 0 unspecified atom stereocenters. The molecule has 172 valence electrons. The van der Waals surface area contributed by atoms with Gasteiger partial charge in [-0.3, -0.25) is 19.7 Å². The topological polar surface area (TPSA) is 103 Å². The molecule has 0 atom stereocenters. The van der Waals surface area contributed by atoms with Gasteiger partial charge in [-0.25, -0.2) is 0 Å². The molecule has 3 N–H and O–H groups in total. The van der Waals surface area contributed by atoms with Crippen LogP contribution in [0.3, 0.4) is 0 Å². The fourth-order valence-corrected chi connectivity index (χ4v) is 4.60. The van der Waals surface area contributed by atoms with Gasteiger partial charge >= 0.3 is 0 Å². The van der Waals surface area contributed by atoms with E-state index in [0.29, 0.717) is 27.5 Å². The highest BCUT2D eigenvalue weighted by atomic mass is 79.9. The van der Waals surface area contributed by atoms with Crippen molar-refractivity contribution in [1.29, 1.82) is 0 Å². The van der Waals surface area contributed by atoms with Crippen LogP contribution in [0.25, 0.3) is 0 Å². The van der Waals surface area contributed by atoms with Crippen LogP contribution in [0.5, 0.6) is 0 Å². The number of H-pyrrole nitrogens is 1. The van der Waals surface area contributed by atoms with Crippen LogP contribution in [-0.2, 0) is 0 Å². The van der Waals surface area contributed by atoms with Crippen LogP contribution in [0.2, 0.25) is 5.02 Å². The Balaban J connectivity index is 1.25. The summed E-state index contributed by atoms with van der Waals surface area (Å²) in [6.07, 6.45) is 5.88. The minimum atomic E-state index is -0.407. The molecule has 1 fully saturated rings. The van der Waals surface area contributed by atoms with Crippen molar-refractivity contribution >= 4 is 45.2 Å². The van der Waals surface area contributed by atoms with Crippen molar-refractivity contribution in [2.24, 2.45) is 0 Å². The Labute approximate surface area is 205 Å². The molecule has 0 spiro atoms. The molecule has 2 amide bonds. The van der Waals surface area contributed by atoms with E-state index in [4.69, 9.17) is 11.6 Å². The lowest BCUT2D eigenvalue weighted by Crippen LogP contribution is -2.39. The highest BCUT2D eigenvalue weighted by Crippen LogP contribution is 2.27. The lowest BCUT2D eigenvalue weighted by molar-refractivity contribution is 0.0939. The van der Waals surface area contributed by atoms with Gasteiger partial charge in [0.2, 0.25) is 0 Å². The Bertz CT molecular complexity index is 1120. The zero-order valence-corrected chi connectivity index (χ0v) is 20.2. The smallest absolute Gasteiger partial charge is 0.270 e. The molecule has 1 aliphatic heterocycles. The number of piperidine rings is 1. The van der Waals surface area contributed by atoms with E-state index in [-0.39, 0.29) is 17.4 Å². The molecular formula is C23H24BrClN6O2. The number of nitrogens with one attached hydrogen (secondary N) is 3. The molecule has 3 aromatic rings. The van der Waals surface area contributed by atoms with Gasteiger partial charge in [0.15, 0.2) is 5.82 Å². The number of benzene rings is 1. The zero-order valence-electron chi connectivity index (χ0n) is 17.9. The van der Waals surface area contributed by atoms with Crippen LogP contribution in [0.1, 0.15) is 45.2 Å². The molecule has 8 nitrogen and oxygen atoms in total. The number of carbonyl (C=O) groups is 2. The standard InChI is InChI=1S/C23H24BrClN6O2/c24-19-20(29-30-21(19)28-22(32)17-3-1-2-4-18(17)25)23(33)27-11-14-31-12-7-16(8-13-31)15-5-9-26-10-6-15/h1-6,9-10,16H,7-8,11-14H2,(H,27,33)(H2,28,29,30,32). The number of carbonyl (C=O) groups excluding carboxylic acids is 2. The zero-order chi connectivity index (χ0) is 23.2. The molecule has 0 saturated carbocycles. The summed E-state index contributed by atoms with van der Waals surface area (Å²) in [7, 11) is 0. The molecule has 2 aromatic heterocycles. The number of anilines is 1. The number of rotatable bonds is 7. The van der Waals surface area contributed by atoms with Gasteiger partial charge in [0.05, 0.1) is 15.1 Å². The van der Waals surface area contributed by atoms with Crippen molar-refractivity contribution in [2.45, 2.75) is 18.8 Å². The first-order chi connectivity index (χ1) is 16.0. The number of aromatic nitrogens is 3. The van der Waals surface area contributed by atoms with Crippen molar-refractivity contribution in [1.82, 2.24) is 25.4 Å². The molecule has 1 aromatic carbocycles. The quantitative estimate of drug-likeness (QED) is 0.426. The number of nitrogens with zero attached hydrogens (tertiary/aromatic N) is 3. The number of halogens is 2. The van der Waals surface area contributed by atoms with Gasteiger partial charge in [0.1, 0.15) is 5.69 Å². The summed E-state index contributed by atoms with van der Waals surface area (Å²) in [4.78, 5) is 31.5. The van der Waals surface area contributed by atoms with Crippen molar-refractivity contribution in [3.05, 3.63) is 75.1 Å². The van der Waals surface area contributed by atoms with Crippen molar-refractivity contribution in [3.8, 4) is 0 Å². The summed E-state index contributed by atoms with van der Waals surface area (Å²) >= 11 is 9.42. The number of hydrogen-bond donors (Lipinski definition) is 3. The largest absolute Gasteiger partial charge is 0.349 e. The van der Waals surface area contributed by atoms with E-state index in [0.717, 1.165) is 32.5 Å². The molecule has 33 heavy (non-hydrogen) atoms. The first-order valence-electron chi connectivity index (χ1n) is 10.7. The summed E-state index contributed by atoms with van der Waals surface area (Å²) in [6, 6.07) is 10.9. The number of aromatic amines is 1. The second-order valence-electron chi connectivity index (χ2n) is 7.85. The van der Waals surface area contributed by atoms with Crippen molar-refractivity contribution < 1.29 is 9.59 Å². The second kappa shape index (κ2) is 10.9. The van der Waals surface area contributed by atoms with Gasteiger partial charge in [0, 0.05) is 25.5 Å². The van der Waals surface area contributed by atoms with E-state index >= 15 is 0 Å². The molecule has 4 rings (SSSR count). The minimum Gasteiger partial charge on any atom is -0.349 e. The fourth-order valence-electron chi connectivity index (χ4n) is 3.92. The van der Waals surface area contributed by atoms with Crippen LogP contribution in [0, 0.1) is 0 Å². The van der Waals surface area contributed by atoms with E-state index in [1.54, 1.807) is 24.3 Å². The molecule has 0 bridgehead atoms. The van der Waals surface area contributed by atoms with E-state index in [9.17, 15) is 9.59 Å². The molecule has 1 saturated heterocycles. The summed E-state index contributed by atoms with van der Waals surface area (Å²) in [5, 5.41) is 12.6. The average Bonchev–Trinajstić information content (AvgIpc) is 3.20. The first-order valence-corrected chi connectivity index (χ1v) is 11.9. The third-order valence-corrected chi connectivity index (χ3v) is 6.86.